The Balaban J connectivity index is 2.40. The fourth-order valence-electron chi connectivity index (χ4n) is 2.63. The number of phenols is 1. The minimum Gasteiger partial charge on any atom is -0.500 e. The van der Waals surface area contributed by atoms with Crippen molar-refractivity contribution in [1.29, 1.82) is 0 Å². The van der Waals surface area contributed by atoms with Gasteiger partial charge in [-0.1, -0.05) is 31.2 Å². The number of nitro benzene ring substituents is 1. The average Bonchev–Trinajstić information content (AvgIpc) is 2.60. The molecule has 1 atom stereocenters. The lowest BCUT2D eigenvalue weighted by atomic mass is 9.91. The molecular weight excluding hydrogens is 326 g/mol. The maximum Gasteiger partial charge on any atom is 0.314 e. The third kappa shape index (κ3) is 4.06. The van der Waals surface area contributed by atoms with Crippen LogP contribution in [0.4, 0.5) is 5.69 Å². The minimum atomic E-state index is -1.03. The number of hydrogen-bond acceptors (Lipinski definition) is 5. The van der Waals surface area contributed by atoms with Crippen LogP contribution in [0.5, 0.6) is 11.5 Å². The molecule has 0 saturated carbocycles. The van der Waals surface area contributed by atoms with E-state index in [-0.39, 0.29) is 12.2 Å². The van der Waals surface area contributed by atoms with Crippen molar-refractivity contribution in [2.24, 2.45) is 0 Å². The van der Waals surface area contributed by atoms with E-state index in [1.165, 1.54) is 19.2 Å². The molecule has 0 aliphatic rings. The van der Waals surface area contributed by atoms with Crippen LogP contribution in [0.25, 0.3) is 0 Å². The highest BCUT2D eigenvalue weighted by atomic mass is 16.6. The monoisotopic (exact) mass is 345 g/mol. The molecule has 0 bridgehead atoms. The maximum atomic E-state index is 11.7. The van der Waals surface area contributed by atoms with Crippen LogP contribution >= 0.6 is 0 Å². The number of phenolic OH excluding ortho intramolecular Hbond substituents is 1. The van der Waals surface area contributed by atoms with Crippen LogP contribution in [-0.4, -0.2) is 28.2 Å². The Bertz CT molecular complexity index is 785. The molecule has 132 valence electrons. The number of carboxylic acids is 1. The van der Waals surface area contributed by atoms with Gasteiger partial charge in [0.1, 0.15) is 0 Å². The van der Waals surface area contributed by atoms with E-state index < -0.39 is 28.2 Å². The average molecular weight is 345 g/mol. The second-order valence-corrected chi connectivity index (χ2v) is 5.61. The summed E-state index contributed by atoms with van der Waals surface area (Å²) in [6.45, 7) is 2.01. The molecule has 0 fully saturated rings. The van der Waals surface area contributed by atoms with Crippen molar-refractivity contribution < 1.29 is 24.7 Å². The van der Waals surface area contributed by atoms with Gasteiger partial charge < -0.3 is 14.9 Å². The van der Waals surface area contributed by atoms with Gasteiger partial charge >= 0.3 is 11.7 Å². The summed E-state index contributed by atoms with van der Waals surface area (Å²) in [5, 5.41) is 30.5. The first-order valence-corrected chi connectivity index (χ1v) is 7.73. The van der Waals surface area contributed by atoms with Crippen molar-refractivity contribution >= 4 is 11.7 Å². The number of nitrogens with zero attached hydrogens (tertiary/aromatic N) is 1. The maximum absolute atomic E-state index is 11.7. The van der Waals surface area contributed by atoms with E-state index in [0.29, 0.717) is 11.1 Å². The molecule has 0 aromatic heterocycles. The van der Waals surface area contributed by atoms with Crippen LogP contribution in [0.1, 0.15) is 29.5 Å². The number of methoxy groups -OCH3 is 1. The molecule has 7 nitrogen and oxygen atoms in total. The molecule has 0 heterocycles. The van der Waals surface area contributed by atoms with Gasteiger partial charge in [-0.3, -0.25) is 14.9 Å². The number of benzene rings is 2. The molecule has 0 aliphatic carbocycles. The summed E-state index contributed by atoms with van der Waals surface area (Å²) in [7, 11) is 1.28. The fraction of sp³-hybridized carbons (Fsp3) is 0.278. The van der Waals surface area contributed by atoms with Gasteiger partial charge in [0.15, 0.2) is 5.75 Å². The highest BCUT2D eigenvalue weighted by Gasteiger charge is 2.25. The van der Waals surface area contributed by atoms with E-state index in [0.717, 1.165) is 12.0 Å². The molecule has 25 heavy (non-hydrogen) atoms. The van der Waals surface area contributed by atoms with E-state index in [1.807, 2.05) is 19.1 Å². The second kappa shape index (κ2) is 7.65. The highest BCUT2D eigenvalue weighted by Crippen LogP contribution is 2.38. The lowest BCUT2D eigenvalue weighted by Gasteiger charge is -2.14. The van der Waals surface area contributed by atoms with Gasteiger partial charge in [-0.2, -0.15) is 0 Å². The fourth-order valence-corrected chi connectivity index (χ4v) is 2.63. The predicted octanol–water partition coefficient (Wildman–Crippen LogP) is 3.28. The minimum absolute atomic E-state index is 0.0400. The van der Waals surface area contributed by atoms with Gasteiger partial charge in [-0.15, -0.1) is 0 Å². The summed E-state index contributed by atoms with van der Waals surface area (Å²) in [4.78, 5) is 22.0. The van der Waals surface area contributed by atoms with E-state index in [2.05, 4.69) is 0 Å². The number of aryl methyl sites for hydroxylation is 1. The van der Waals surface area contributed by atoms with E-state index in [4.69, 9.17) is 4.74 Å². The van der Waals surface area contributed by atoms with Crippen molar-refractivity contribution in [1.82, 2.24) is 0 Å². The first-order valence-electron chi connectivity index (χ1n) is 7.73. The van der Waals surface area contributed by atoms with Crippen LogP contribution in [0.2, 0.25) is 0 Å². The molecule has 0 amide bonds. The molecular formula is C18H19NO6. The third-order valence-electron chi connectivity index (χ3n) is 4.06. The second-order valence-electron chi connectivity index (χ2n) is 5.61. The first-order chi connectivity index (χ1) is 11.9. The molecule has 2 N–H and O–H groups in total. The van der Waals surface area contributed by atoms with Crippen LogP contribution in [0.3, 0.4) is 0 Å². The smallest absolute Gasteiger partial charge is 0.314 e. The van der Waals surface area contributed by atoms with E-state index >= 15 is 0 Å². The van der Waals surface area contributed by atoms with Gasteiger partial charge in [0, 0.05) is 6.07 Å². The molecule has 0 aliphatic heterocycles. The van der Waals surface area contributed by atoms with Crippen molar-refractivity contribution in [2.45, 2.75) is 25.7 Å². The van der Waals surface area contributed by atoms with Crippen molar-refractivity contribution in [3.05, 3.63) is 63.2 Å². The number of carbonyl (C=O) groups is 1. The standard InChI is InChI=1S/C18H19NO6/c1-3-11-4-6-13(7-5-11)14(18(21)22)8-12-9-15(19(23)24)17(20)16(10-12)25-2/h4-7,9-10,14,20H,3,8H2,1-2H3,(H,21,22). The number of hydrogen-bond donors (Lipinski definition) is 2. The number of aromatic hydroxyl groups is 1. The zero-order valence-corrected chi connectivity index (χ0v) is 13.9. The Morgan fingerprint density at radius 3 is 2.36 bits per heavy atom. The van der Waals surface area contributed by atoms with Gasteiger partial charge in [0.05, 0.1) is 18.0 Å². The molecule has 2 aromatic rings. The summed E-state index contributed by atoms with van der Waals surface area (Å²) in [5.41, 5.74) is 1.59. The summed E-state index contributed by atoms with van der Waals surface area (Å²) >= 11 is 0. The van der Waals surface area contributed by atoms with Crippen molar-refractivity contribution in [2.75, 3.05) is 7.11 Å². The summed E-state index contributed by atoms with van der Waals surface area (Å²) in [5.74, 6) is -2.52. The lowest BCUT2D eigenvalue weighted by molar-refractivity contribution is -0.386. The number of ether oxygens (including phenoxy) is 1. The zero-order valence-electron chi connectivity index (χ0n) is 13.9. The van der Waals surface area contributed by atoms with E-state index in [1.54, 1.807) is 12.1 Å². The van der Waals surface area contributed by atoms with Crippen LogP contribution < -0.4 is 4.74 Å². The molecule has 7 heteroatoms. The summed E-state index contributed by atoms with van der Waals surface area (Å²) < 4.78 is 4.95. The number of carboxylic acid groups (broad SMARTS) is 1. The normalized spacial score (nSPS) is 11.8. The van der Waals surface area contributed by atoms with Crippen molar-refractivity contribution in [3.63, 3.8) is 0 Å². The van der Waals surface area contributed by atoms with Crippen LogP contribution in [0, 0.1) is 10.1 Å². The third-order valence-corrected chi connectivity index (χ3v) is 4.06. The topological polar surface area (TPSA) is 110 Å². The Labute approximate surface area is 144 Å². The van der Waals surface area contributed by atoms with Gasteiger partial charge in [0.25, 0.3) is 0 Å². The summed E-state index contributed by atoms with van der Waals surface area (Å²) in [6.07, 6.45) is 0.887. The van der Waals surface area contributed by atoms with Crippen molar-refractivity contribution in [3.8, 4) is 11.5 Å². The number of aliphatic carboxylic acids is 1. The summed E-state index contributed by atoms with van der Waals surface area (Å²) in [6, 6.07) is 9.83. The molecule has 0 saturated heterocycles. The molecule has 2 aromatic carbocycles. The molecule has 1 unspecified atom stereocenters. The quantitative estimate of drug-likeness (QED) is 0.588. The number of nitro groups is 1. The molecule has 2 rings (SSSR count). The predicted molar refractivity (Wildman–Crippen MR) is 91.2 cm³/mol. The largest absolute Gasteiger partial charge is 0.500 e. The molecule has 0 radical (unpaired) electrons. The lowest BCUT2D eigenvalue weighted by Crippen LogP contribution is -2.14. The Morgan fingerprint density at radius 1 is 1.24 bits per heavy atom. The Hall–Kier alpha value is -3.09. The first kappa shape index (κ1) is 18.3. The van der Waals surface area contributed by atoms with Gasteiger partial charge in [-0.05, 0) is 35.6 Å². The van der Waals surface area contributed by atoms with Crippen LogP contribution in [0.15, 0.2) is 36.4 Å². The Morgan fingerprint density at radius 2 is 1.88 bits per heavy atom. The molecule has 0 spiro atoms. The van der Waals surface area contributed by atoms with Gasteiger partial charge in [0.2, 0.25) is 5.75 Å². The van der Waals surface area contributed by atoms with E-state index in [9.17, 15) is 25.1 Å². The SMILES string of the molecule is CCc1ccc(C(Cc2cc(OC)c(O)c([N+](=O)[O-])c2)C(=O)O)cc1. The van der Waals surface area contributed by atoms with Crippen LogP contribution in [-0.2, 0) is 17.6 Å². The Kier molecular flexibility index (Phi) is 5.59. The number of rotatable bonds is 7. The zero-order chi connectivity index (χ0) is 18.6. The highest BCUT2D eigenvalue weighted by molar-refractivity contribution is 5.76. The van der Waals surface area contributed by atoms with Gasteiger partial charge in [-0.25, -0.2) is 0 Å².